The van der Waals surface area contributed by atoms with Gasteiger partial charge in [0, 0.05) is 12.0 Å². The standard InChI is InChI=1S/C11H17O13P3.3Na/c12-8-4-2-1-3-7(8)10-5-9(13)11(22-10)6-21-26(17,18)24-27(19,20)23-25(14,15)16;;;/h1-4,9-13H,5-6H2,(H,17,18)(H,19,20)(H2,14,15,16);;;/q;3*+1/p-3/t9?,10-,11?;;;/m1.../s1. The molecule has 5 unspecified atom stereocenters. The average Bonchev–Trinajstić information content (AvgIpc) is 2.83. The summed E-state index contributed by atoms with van der Waals surface area (Å²) in [5.41, 5.74) is 0.340. The molecule has 6 atom stereocenters. The Morgan fingerprint density at radius 1 is 1.03 bits per heavy atom. The molecule has 1 fully saturated rings. The van der Waals surface area contributed by atoms with Gasteiger partial charge >= 0.3 is 88.7 Å². The van der Waals surface area contributed by atoms with Gasteiger partial charge < -0.3 is 39.0 Å². The van der Waals surface area contributed by atoms with Gasteiger partial charge in [-0.15, -0.1) is 0 Å². The molecule has 0 spiro atoms. The second-order valence-corrected chi connectivity index (χ2v) is 9.64. The van der Waals surface area contributed by atoms with E-state index < -0.39 is 48.4 Å². The van der Waals surface area contributed by atoms with E-state index in [0.29, 0.717) is 5.56 Å². The molecule has 0 amide bonds. The molecule has 0 saturated carbocycles. The molecular weight excluding hydrogens is 502 g/mol. The van der Waals surface area contributed by atoms with Crippen molar-refractivity contribution in [2.24, 2.45) is 0 Å². The molecule has 1 aliphatic heterocycles. The Hall–Kier alpha value is 2.35. The third-order valence-corrected chi connectivity index (χ3v) is 7.00. The molecule has 3 N–H and O–H groups in total. The number of aliphatic hydroxyl groups is 1. The summed E-state index contributed by atoms with van der Waals surface area (Å²) >= 11 is 0. The molecule has 1 saturated heterocycles. The zero-order chi connectivity index (χ0) is 20.5. The first-order valence-electron chi connectivity index (χ1n) is 7.12. The van der Waals surface area contributed by atoms with Crippen LogP contribution in [0.2, 0.25) is 0 Å². The van der Waals surface area contributed by atoms with Gasteiger partial charge in [-0.1, -0.05) is 18.2 Å². The number of phenolic OH excluding ortho intramolecular Hbond substituents is 1. The third-order valence-electron chi connectivity index (χ3n) is 3.31. The van der Waals surface area contributed by atoms with Crippen molar-refractivity contribution in [1.82, 2.24) is 0 Å². The Bertz CT molecular complexity index is 821. The predicted octanol–water partition coefficient (Wildman–Crippen LogP) is -9.96. The SMILES string of the molecule is O=P([O-])(O)OP(=O)([O-])OP(=O)([O-])OCC1O[C@@H](c2ccccc2O)CC1O.[Na+].[Na+].[Na+]. The quantitative estimate of drug-likeness (QED) is 0.216. The molecule has 2 rings (SSSR count). The third kappa shape index (κ3) is 11.7. The predicted molar refractivity (Wildman–Crippen MR) is 79.5 cm³/mol. The van der Waals surface area contributed by atoms with Crippen LogP contribution in [0.15, 0.2) is 24.3 Å². The first kappa shape index (κ1) is 34.5. The van der Waals surface area contributed by atoms with Crippen LogP contribution < -0.4 is 103 Å². The minimum Gasteiger partial charge on any atom is -0.756 e. The Morgan fingerprint density at radius 2 is 1.60 bits per heavy atom. The number of para-hydroxylation sites is 1. The Balaban J connectivity index is 0. The van der Waals surface area contributed by atoms with Crippen LogP contribution in [0.4, 0.5) is 0 Å². The van der Waals surface area contributed by atoms with Crippen LogP contribution in [-0.4, -0.2) is 33.9 Å². The van der Waals surface area contributed by atoms with Crippen molar-refractivity contribution in [1.29, 1.82) is 0 Å². The summed E-state index contributed by atoms with van der Waals surface area (Å²) in [5.74, 6) is -0.107. The molecule has 1 aromatic rings. The second-order valence-electron chi connectivity index (χ2n) is 5.35. The van der Waals surface area contributed by atoms with Crippen LogP contribution in [-0.2, 0) is 31.6 Å². The summed E-state index contributed by atoms with van der Waals surface area (Å²) in [7, 11) is -17.5. The molecule has 30 heavy (non-hydrogen) atoms. The van der Waals surface area contributed by atoms with E-state index in [0.717, 1.165) is 0 Å². The van der Waals surface area contributed by atoms with E-state index in [1.54, 1.807) is 12.1 Å². The Morgan fingerprint density at radius 3 is 2.13 bits per heavy atom. The van der Waals surface area contributed by atoms with E-state index in [2.05, 4.69) is 13.1 Å². The van der Waals surface area contributed by atoms with E-state index in [9.17, 15) is 38.6 Å². The van der Waals surface area contributed by atoms with Gasteiger partial charge in [0.1, 0.15) is 11.9 Å². The zero-order valence-corrected chi connectivity index (χ0v) is 24.9. The van der Waals surface area contributed by atoms with Gasteiger partial charge in [0.2, 0.25) is 0 Å². The molecule has 1 aliphatic rings. The molecule has 154 valence electrons. The molecule has 13 nitrogen and oxygen atoms in total. The van der Waals surface area contributed by atoms with Crippen molar-refractivity contribution < 1.29 is 150 Å². The van der Waals surface area contributed by atoms with Crippen LogP contribution in [0.25, 0.3) is 0 Å². The van der Waals surface area contributed by atoms with Crippen LogP contribution in [0.3, 0.4) is 0 Å². The molecule has 1 aromatic carbocycles. The van der Waals surface area contributed by atoms with Gasteiger partial charge in [0.25, 0.3) is 23.5 Å². The number of phosphoric ester groups is 1. The maximum absolute atomic E-state index is 11.5. The summed E-state index contributed by atoms with van der Waals surface area (Å²) in [6, 6.07) is 6.08. The van der Waals surface area contributed by atoms with E-state index in [1.807, 2.05) is 0 Å². The second kappa shape index (κ2) is 14.0. The number of aromatic hydroxyl groups is 1. The van der Waals surface area contributed by atoms with Gasteiger partial charge in [-0.05, 0) is 6.07 Å². The fourth-order valence-electron chi connectivity index (χ4n) is 2.29. The fraction of sp³-hybridized carbons (Fsp3) is 0.455. The topological polar surface area (TPSA) is 218 Å². The largest absolute Gasteiger partial charge is 1.00 e. The molecule has 0 aliphatic carbocycles. The molecular formula is C11H14Na3O13P3. The Labute approximate surface area is 237 Å². The van der Waals surface area contributed by atoms with E-state index >= 15 is 0 Å². The fourth-order valence-corrected chi connectivity index (χ4v) is 5.19. The van der Waals surface area contributed by atoms with E-state index in [1.165, 1.54) is 12.1 Å². The number of phenols is 1. The van der Waals surface area contributed by atoms with Crippen molar-refractivity contribution in [2.45, 2.75) is 24.7 Å². The summed E-state index contributed by atoms with van der Waals surface area (Å²) < 4.78 is 49.1. The van der Waals surface area contributed by atoms with Gasteiger partial charge in [-0.3, -0.25) is 13.7 Å². The van der Waals surface area contributed by atoms with Crippen LogP contribution in [0.1, 0.15) is 18.1 Å². The molecule has 0 aromatic heterocycles. The first-order chi connectivity index (χ1) is 12.3. The maximum Gasteiger partial charge on any atom is 1.00 e. The first-order valence-corrected chi connectivity index (χ1v) is 11.5. The molecule has 19 heteroatoms. The summed E-state index contributed by atoms with van der Waals surface area (Å²) in [4.78, 5) is 41.2. The molecule has 0 radical (unpaired) electrons. The number of hydrogen-bond donors (Lipinski definition) is 3. The minimum atomic E-state index is -5.99. The van der Waals surface area contributed by atoms with E-state index in [4.69, 9.17) is 9.63 Å². The number of aliphatic hydroxyl groups excluding tert-OH is 1. The zero-order valence-electron chi connectivity index (χ0n) is 16.2. The van der Waals surface area contributed by atoms with Crippen molar-refractivity contribution in [3.8, 4) is 5.75 Å². The number of ether oxygens (including phenoxy) is 1. The average molecular weight is 516 g/mol. The van der Waals surface area contributed by atoms with Crippen LogP contribution >= 0.6 is 23.5 Å². The van der Waals surface area contributed by atoms with Crippen molar-refractivity contribution >= 4 is 23.5 Å². The smallest absolute Gasteiger partial charge is 0.756 e. The molecule has 0 bridgehead atoms. The van der Waals surface area contributed by atoms with Crippen LogP contribution in [0.5, 0.6) is 5.75 Å². The number of rotatable bonds is 8. The Kier molecular flexibility index (Phi) is 16.2. The van der Waals surface area contributed by atoms with Gasteiger partial charge in [0.15, 0.2) is 0 Å². The summed E-state index contributed by atoms with van der Waals surface area (Å²) in [6.07, 6.45) is -3.24. The van der Waals surface area contributed by atoms with Crippen LogP contribution in [0, 0.1) is 0 Å². The number of phosphoric acid groups is 3. The van der Waals surface area contributed by atoms with Crippen molar-refractivity contribution in [2.75, 3.05) is 6.61 Å². The van der Waals surface area contributed by atoms with Gasteiger partial charge in [-0.2, -0.15) is 0 Å². The van der Waals surface area contributed by atoms with Crippen molar-refractivity contribution in [3.05, 3.63) is 29.8 Å². The number of benzene rings is 1. The monoisotopic (exact) mass is 516 g/mol. The van der Waals surface area contributed by atoms with Gasteiger partial charge in [0.05, 0.1) is 18.8 Å². The summed E-state index contributed by atoms with van der Waals surface area (Å²) in [6.45, 7) is -0.875. The van der Waals surface area contributed by atoms with E-state index in [-0.39, 0.29) is 101 Å². The minimum absolute atomic E-state index is 0. The number of hydrogen-bond acceptors (Lipinski definition) is 12. The van der Waals surface area contributed by atoms with Gasteiger partial charge in [-0.25, -0.2) is 8.62 Å². The molecule has 1 heterocycles. The summed E-state index contributed by atoms with van der Waals surface area (Å²) in [5, 5.41) is 19.7. The normalized spacial score (nSPS) is 26.6. The van der Waals surface area contributed by atoms with Crippen molar-refractivity contribution in [3.63, 3.8) is 0 Å². The maximum atomic E-state index is 11.5.